The lowest BCUT2D eigenvalue weighted by atomic mass is 10.00. The van der Waals surface area contributed by atoms with Crippen LogP contribution in [-0.4, -0.2) is 37.8 Å². The highest BCUT2D eigenvalue weighted by atomic mass is 16.5. The second kappa shape index (κ2) is 8.26. The molecule has 3 aromatic rings. The van der Waals surface area contributed by atoms with Gasteiger partial charge >= 0.3 is 0 Å². The van der Waals surface area contributed by atoms with Crippen molar-refractivity contribution < 1.29 is 14.2 Å². The summed E-state index contributed by atoms with van der Waals surface area (Å²) in [7, 11) is 4.76. The Morgan fingerprint density at radius 1 is 0.931 bits per heavy atom. The van der Waals surface area contributed by atoms with Gasteiger partial charge in [0.15, 0.2) is 11.5 Å². The molecule has 0 atom stereocenters. The molecule has 0 aliphatic carbocycles. The molecule has 0 saturated heterocycles. The molecular weight excluding hydrogens is 368 g/mol. The van der Waals surface area contributed by atoms with Crippen LogP contribution in [0.3, 0.4) is 0 Å². The summed E-state index contributed by atoms with van der Waals surface area (Å²) in [6, 6.07) is 14.2. The molecule has 1 aromatic heterocycles. The van der Waals surface area contributed by atoms with Crippen molar-refractivity contribution in [2.75, 3.05) is 38.1 Å². The van der Waals surface area contributed by atoms with Crippen molar-refractivity contribution in [3.05, 3.63) is 59.8 Å². The molecular formula is C22H24N4O3. The molecule has 1 aliphatic rings. The van der Waals surface area contributed by atoms with E-state index >= 15 is 0 Å². The van der Waals surface area contributed by atoms with E-state index in [1.54, 1.807) is 27.5 Å². The van der Waals surface area contributed by atoms with Crippen LogP contribution in [0.2, 0.25) is 0 Å². The summed E-state index contributed by atoms with van der Waals surface area (Å²) >= 11 is 0. The van der Waals surface area contributed by atoms with Gasteiger partial charge < -0.3 is 24.4 Å². The molecule has 150 valence electrons. The van der Waals surface area contributed by atoms with Gasteiger partial charge in [0, 0.05) is 37.1 Å². The zero-order valence-corrected chi connectivity index (χ0v) is 16.8. The van der Waals surface area contributed by atoms with Gasteiger partial charge in [-0.3, -0.25) is 0 Å². The van der Waals surface area contributed by atoms with Crippen LogP contribution in [0.1, 0.15) is 11.1 Å². The molecule has 7 nitrogen and oxygen atoms in total. The molecule has 2 aromatic carbocycles. The number of hydrogen-bond acceptors (Lipinski definition) is 7. The molecule has 0 saturated carbocycles. The summed E-state index contributed by atoms with van der Waals surface area (Å²) in [5, 5.41) is 3.24. The van der Waals surface area contributed by atoms with Crippen LogP contribution in [0.15, 0.2) is 48.7 Å². The van der Waals surface area contributed by atoms with Gasteiger partial charge in [0.1, 0.15) is 5.82 Å². The Balaban J connectivity index is 1.57. The monoisotopic (exact) mass is 392 g/mol. The fourth-order valence-corrected chi connectivity index (χ4v) is 3.56. The number of fused-ring (bicyclic) bond motifs is 1. The SMILES string of the molecule is COc1cc(Nc2nccc(N3CCc4ccccc4C3)n2)cc(OC)c1OC. The third-order valence-corrected chi connectivity index (χ3v) is 5.02. The van der Waals surface area contributed by atoms with Crippen molar-refractivity contribution in [2.45, 2.75) is 13.0 Å². The first-order valence-electron chi connectivity index (χ1n) is 9.43. The summed E-state index contributed by atoms with van der Waals surface area (Å²) in [6.45, 7) is 1.77. The molecule has 0 amide bonds. The molecule has 0 unspecified atom stereocenters. The second-order valence-electron chi connectivity index (χ2n) is 6.72. The van der Waals surface area contributed by atoms with Crippen molar-refractivity contribution in [1.82, 2.24) is 9.97 Å². The lowest BCUT2D eigenvalue weighted by Gasteiger charge is -2.29. The van der Waals surface area contributed by atoms with Gasteiger partial charge in [-0.25, -0.2) is 4.98 Å². The molecule has 29 heavy (non-hydrogen) atoms. The predicted molar refractivity (Wildman–Crippen MR) is 113 cm³/mol. The molecule has 1 N–H and O–H groups in total. The number of nitrogens with one attached hydrogen (secondary N) is 1. The predicted octanol–water partition coefficient (Wildman–Crippen LogP) is 3.81. The average Bonchev–Trinajstić information content (AvgIpc) is 2.78. The second-order valence-corrected chi connectivity index (χ2v) is 6.72. The van der Waals surface area contributed by atoms with Crippen LogP contribution in [-0.2, 0) is 13.0 Å². The number of ether oxygens (including phenoxy) is 3. The van der Waals surface area contributed by atoms with Crippen molar-refractivity contribution in [2.24, 2.45) is 0 Å². The van der Waals surface area contributed by atoms with E-state index in [0.717, 1.165) is 31.0 Å². The topological polar surface area (TPSA) is 68.7 Å². The number of anilines is 3. The van der Waals surface area contributed by atoms with Crippen LogP contribution in [0.5, 0.6) is 17.2 Å². The third kappa shape index (κ3) is 3.89. The summed E-state index contributed by atoms with van der Waals surface area (Å²) in [5.74, 6) is 3.08. The highest BCUT2D eigenvalue weighted by Gasteiger charge is 2.18. The third-order valence-electron chi connectivity index (χ3n) is 5.02. The molecule has 7 heteroatoms. The van der Waals surface area contributed by atoms with E-state index in [1.807, 2.05) is 18.2 Å². The lowest BCUT2D eigenvalue weighted by molar-refractivity contribution is 0.324. The zero-order valence-electron chi connectivity index (χ0n) is 16.8. The Morgan fingerprint density at radius 3 is 2.34 bits per heavy atom. The first-order chi connectivity index (χ1) is 14.2. The van der Waals surface area contributed by atoms with Gasteiger partial charge in [-0.2, -0.15) is 4.98 Å². The summed E-state index contributed by atoms with van der Waals surface area (Å²) in [6.07, 6.45) is 2.78. The maximum Gasteiger partial charge on any atom is 0.229 e. The molecule has 0 bridgehead atoms. The van der Waals surface area contributed by atoms with E-state index in [2.05, 4.69) is 39.5 Å². The first kappa shape index (κ1) is 18.9. The van der Waals surface area contributed by atoms with Gasteiger partial charge in [-0.15, -0.1) is 0 Å². The van der Waals surface area contributed by atoms with Crippen LogP contribution in [0.25, 0.3) is 0 Å². The summed E-state index contributed by atoms with van der Waals surface area (Å²) in [4.78, 5) is 11.3. The van der Waals surface area contributed by atoms with Gasteiger partial charge in [-0.1, -0.05) is 24.3 Å². The Hall–Kier alpha value is -3.48. The fourth-order valence-electron chi connectivity index (χ4n) is 3.56. The highest BCUT2D eigenvalue weighted by Crippen LogP contribution is 2.40. The van der Waals surface area contributed by atoms with Crippen molar-refractivity contribution in [1.29, 1.82) is 0 Å². The summed E-state index contributed by atoms with van der Waals surface area (Å²) < 4.78 is 16.2. The number of aromatic nitrogens is 2. The maximum absolute atomic E-state index is 5.42. The minimum atomic E-state index is 0.510. The van der Waals surface area contributed by atoms with E-state index < -0.39 is 0 Å². The van der Waals surface area contributed by atoms with Gasteiger partial charge in [0.05, 0.1) is 21.3 Å². The van der Waals surface area contributed by atoms with E-state index in [-0.39, 0.29) is 0 Å². The van der Waals surface area contributed by atoms with Crippen molar-refractivity contribution >= 4 is 17.5 Å². The standard InChI is InChI=1S/C22H24N4O3/c1-27-18-12-17(13-19(28-2)21(18)29-3)24-22-23-10-8-20(25-22)26-11-9-15-6-4-5-7-16(15)14-26/h4-8,10,12-13H,9,11,14H2,1-3H3,(H,23,24,25). The maximum atomic E-state index is 5.42. The number of hydrogen-bond donors (Lipinski definition) is 1. The normalized spacial score (nSPS) is 12.9. The molecule has 0 spiro atoms. The molecule has 0 radical (unpaired) electrons. The van der Waals surface area contributed by atoms with E-state index in [4.69, 9.17) is 19.2 Å². The molecule has 2 heterocycles. The van der Waals surface area contributed by atoms with Crippen LogP contribution < -0.4 is 24.4 Å². The smallest absolute Gasteiger partial charge is 0.229 e. The van der Waals surface area contributed by atoms with E-state index in [1.165, 1.54) is 11.1 Å². The van der Waals surface area contributed by atoms with Gasteiger partial charge in [0.25, 0.3) is 0 Å². The van der Waals surface area contributed by atoms with Crippen molar-refractivity contribution in [3.63, 3.8) is 0 Å². The Kier molecular flexibility index (Phi) is 5.37. The lowest BCUT2D eigenvalue weighted by Crippen LogP contribution is -2.31. The zero-order chi connectivity index (χ0) is 20.2. The average molecular weight is 392 g/mol. The van der Waals surface area contributed by atoms with Crippen LogP contribution in [0, 0.1) is 0 Å². The molecule has 1 aliphatic heterocycles. The largest absolute Gasteiger partial charge is 0.493 e. The van der Waals surface area contributed by atoms with E-state index in [0.29, 0.717) is 23.2 Å². The first-order valence-corrected chi connectivity index (χ1v) is 9.43. The van der Waals surface area contributed by atoms with Gasteiger partial charge in [-0.05, 0) is 23.6 Å². The minimum Gasteiger partial charge on any atom is -0.493 e. The number of nitrogens with zero attached hydrogens (tertiary/aromatic N) is 3. The number of benzene rings is 2. The van der Waals surface area contributed by atoms with E-state index in [9.17, 15) is 0 Å². The molecule has 4 rings (SSSR count). The quantitative estimate of drug-likeness (QED) is 0.684. The fraction of sp³-hybridized carbons (Fsp3) is 0.273. The number of methoxy groups -OCH3 is 3. The highest BCUT2D eigenvalue weighted by molar-refractivity contribution is 5.66. The van der Waals surface area contributed by atoms with Crippen molar-refractivity contribution in [3.8, 4) is 17.2 Å². The summed E-state index contributed by atoms with van der Waals surface area (Å²) in [5.41, 5.74) is 3.51. The van der Waals surface area contributed by atoms with Crippen LogP contribution in [0.4, 0.5) is 17.5 Å². The van der Waals surface area contributed by atoms with Crippen LogP contribution >= 0.6 is 0 Å². The van der Waals surface area contributed by atoms with Gasteiger partial charge in [0.2, 0.25) is 11.7 Å². The molecule has 0 fully saturated rings. The number of rotatable bonds is 6. The minimum absolute atomic E-state index is 0.510. The Morgan fingerprint density at radius 2 is 1.66 bits per heavy atom. The Labute approximate surface area is 170 Å². The Bertz CT molecular complexity index is 984.